The summed E-state index contributed by atoms with van der Waals surface area (Å²) in [4.78, 5) is 0. The molecule has 2 heteroatoms. The molecule has 1 aromatic rings. The number of nitrogens with one attached hydrogen (secondary N) is 1. The van der Waals surface area contributed by atoms with Crippen LogP contribution in [0.25, 0.3) is 0 Å². The van der Waals surface area contributed by atoms with E-state index in [0.29, 0.717) is 0 Å². The fourth-order valence-electron chi connectivity index (χ4n) is 1.31. The van der Waals surface area contributed by atoms with Gasteiger partial charge in [-0.15, -0.1) is 0 Å². The Kier molecular flexibility index (Phi) is 4.63. The number of rotatable bonds is 5. The van der Waals surface area contributed by atoms with Gasteiger partial charge in [0.1, 0.15) is 0 Å². The van der Waals surface area contributed by atoms with Crippen molar-refractivity contribution in [3.63, 3.8) is 0 Å². The maximum Gasteiger partial charge on any atom is 0.0584 e. The average molecular weight is 193 g/mol. The molecule has 78 valence electrons. The minimum atomic E-state index is 0.211. The Morgan fingerprint density at radius 1 is 1.29 bits per heavy atom. The van der Waals surface area contributed by atoms with Crippen molar-refractivity contribution >= 4 is 0 Å². The van der Waals surface area contributed by atoms with Crippen molar-refractivity contribution < 1.29 is 5.11 Å². The van der Waals surface area contributed by atoms with Crippen LogP contribution in [0.4, 0.5) is 0 Å². The van der Waals surface area contributed by atoms with Crippen LogP contribution in [0.1, 0.15) is 24.5 Å². The first-order valence-electron chi connectivity index (χ1n) is 5.16. The molecule has 2 nitrogen and oxygen atoms in total. The minimum Gasteiger partial charge on any atom is -0.395 e. The SMILES string of the molecule is CCC(CO)NCc1ccc(C)cc1. The maximum atomic E-state index is 8.99. The second kappa shape index (κ2) is 5.78. The summed E-state index contributed by atoms with van der Waals surface area (Å²) in [6.45, 7) is 5.20. The molecule has 1 rings (SSSR count). The van der Waals surface area contributed by atoms with Gasteiger partial charge < -0.3 is 10.4 Å². The highest BCUT2D eigenvalue weighted by Crippen LogP contribution is 2.03. The number of hydrogen-bond donors (Lipinski definition) is 2. The van der Waals surface area contributed by atoms with Gasteiger partial charge in [-0.1, -0.05) is 36.8 Å². The van der Waals surface area contributed by atoms with Crippen molar-refractivity contribution in [1.29, 1.82) is 0 Å². The van der Waals surface area contributed by atoms with Crippen LogP contribution < -0.4 is 5.32 Å². The highest BCUT2D eigenvalue weighted by atomic mass is 16.3. The predicted octanol–water partition coefficient (Wildman–Crippen LogP) is 1.86. The third-order valence-corrected chi connectivity index (χ3v) is 2.43. The van der Waals surface area contributed by atoms with E-state index >= 15 is 0 Å². The van der Waals surface area contributed by atoms with Crippen molar-refractivity contribution in [2.45, 2.75) is 32.9 Å². The van der Waals surface area contributed by atoms with Gasteiger partial charge >= 0.3 is 0 Å². The molecular weight excluding hydrogens is 174 g/mol. The van der Waals surface area contributed by atoms with Gasteiger partial charge in [-0.3, -0.25) is 0 Å². The Bertz CT molecular complexity index is 252. The van der Waals surface area contributed by atoms with E-state index in [2.05, 4.69) is 43.4 Å². The Morgan fingerprint density at radius 2 is 1.93 bits per heavy atom. The lowest BCUT2D eigenvalue weighted by atomic mass is 10.1. The number of aryl methyl sites for hydroxylation is 1. The largest absolute Gasteiger partial charge is 0.395 e. The molecule has 0 amide bonds. The third-order valence-electron chi connectivity index (χ3n) is 2.43. The van der Waals surface area contributed by atoms with Gasteiger partial charge in [0.2, 0.25) is 0 Å². The number of benzene rings is 1. The second-order valence-electron chi connectivity index (χ2n) is 3.65. The zero-order valence-corrected chi connectivity index (χ0v) is 8.96. The Morgan fingerprint density at radius 3 is 2.43 bits per heavy atom. The molecule has 0 aliphatic carbocycles. The van der Waals surface area contributed by atoms with Crippen LogP contribution in [-0.4, -0.2) is 17.8 Å². The van der Waals surface area contributed by atoms with Gasteiger partial charge in [0.05, 0.1) is 6.61 Å². The van der Waals surface area contributed by atoms with Crippen molar-refractivity contribution in [1.82, 2.24) is 5.32 Å². The van der Waals surface area contributed by atoms with Gasteiger partial charge in [0.15, 0.2) is 0 Å². The normalized spacial score (nSPS) is 12.8. The summed E-state index contributed by atoms with van der Waals surface area (Å²) in [5, 5.41) is 12.3. The summed E-state index contributed by atoms with van der Waals surface area (Å²) in [5.74, 6) is 0. The van der Waals surface area contributed by atoms with Crippen LogP contribution in [0, 0.1) is 6.92 Å². The molecule has 0 radical (unpaired) electrons. The van der Waals surface area contributed by atoms with Crippen molar-refractivity contribution in [3.8, 4) is 0 Å². The minimum absolute atomic E-state index is 0.211. The molecule has 0 heterocycles. The predicted molar refractivity (Wildman–Crippen MR) is 59.2 cm³/mol. The summed E-state index contributed by atoms with van der Waals surface area (Å²) < 4.78 is 0. The van der Waals surface area contributed by atoms with Crippen molar-refractivity contribution in [2.24, 2.45) is 0 Å². The topological polar surface area (TPSA) is 32.3 Å². The molecule has 0 spiro atoms. The summed E-state index contributed by atoms with van der Waals surface area (Å²) in [6, 6.07) is 8.67. The maximum absolute atomic E-state index is 8.99. The molecule has 0 saturated heterocycles. The van der Waals surface area contributed by atoms with Gasteiger partial charge in [-0.05, 0) is 18.9 Å². The van der Waals surface area contributed by atoms with Crippen LogP contribution in [-0.2, 0) is 6.54 Å². The van der Waals surface area contributed by atoms with Gasteiger partial charge in [0.25, 0.3) is 0 Å². The van der Waals surface area contributed by atoms with E-state index in [9.17, 15) is 0 Å². The first-order valence-corrected chi connectivity index (χ1v) is 5.16. The van der Waals surface area contributed by atoms with Crippen LogP contribution in [0.2, 0.25) is 0 Å². The van der Waals surface area contributed by atoms with Gasteiger partial charge in [0, 0.05) is 12.6 Å². The Hall–Kier alpha value is -0.860. The average Bonchev–Trinajstić information content (AvgIpc) is 2.22. The molecule has 14 heavy (non-hydrogen) atoms. The van der Waals surface area contributed by atoms with E-state index in [1.807, 2.05) is 0 Å². The van der Waals surface area contributed by atoms with Gasteiger partial charge in [-0.25, -0.2) is 0 Å². The molecule has 0 aliphatic heterocycles. The lowest BCUT2D eigenvalue weighted by Gasteiger charge is -2.13. The first-order chi connectivity index (χ1) is 6.76. The first kappa shape index (κ1) is 11.2. The van der Waals surface area contributed by atoms with E-state index in [1.165, 1.54) is 11.1 Å². The summed E-state index contributed by atoms with van der Waals surface area (Å²) in [5.41, 5.74) is 2.55. The number of hydrogen-bond acceptors (Lipinski definition) is 2. The molecular formula is C12H19NO. The van der Waals surface area contributed by atoms with E-state index in [4.69, 9.17) is 5.11 Å². The van der Waals surface area contributed by atoms with Crippen LogP contribution >= 0.6 is 0 Å². The number of aliphatic hydroxyl groups is 1. The molecule has 0 aliphatic rings. The highest BCUT2D eigenvalue weighted by molar-refractivity contribution is 5.21. The van der Waals surface area contributed by atoms with E-state index in [1.54, 1.807) is 0 Å². The highest BCUT2D eigenvalue weighted by Gasteiger charge is 2.02. The zero-order valence-electron chi connectivity index (χ0n) is 8.96. The van der Waals surface area contributed by atoms with E-state index in [-0.39, 0.29) is 12.6 Å². The molecule has 0 saturated carbocycles. The van der Waals surface area contributed by atoms with Crippen molar-refractivity contribution in [3.05, 3.63) is 35.4 Å². The van der Waals surface area contributed by atoms with Crippen molar-refractivity contribution in [2.75, 3.05) is 6.61 Å². The molecule has 1 atom stereocenters. The Balaban J connectivity index is 2.41. The fourth-order valence-corrected chi connectivity index (χ4v) is 1.31. The monoisotopic (exact) mass is 193 g/mol. The van der Waals surface area contributed by atoms with E-state index < -0.39 is 0 Å². The molecule has 0 aromatic heterocycles. The van der Waals surface area contributed by atoms with E-state index in [0.717, 1.165) is 13.0 Å². The van der Waals surface area contributed by atoms with Crippen LogP contribution in [0.5, 0.6) is 0 Å². The quantitative estimate of drug-likeness (QED) is 0.748. The fraction of sp³-hybridized carbons (Fsp3) is 0.500. The molecule has 2 N–H and O–H groups in total. The van der Waals surface area contributed by atoms with Crippen LogP contribution in [0.15, 0.2) is 24.3 Å². The smallest absolute Gasteiger partial charge is 0.0584 e. The summed E-state index contributed by atoms with van der Waals surface area (Å²) >= 11 is 0. The van der Waals surface area contributed by atoms with Gasteiger partial charge in [-0.2, -0.15) is 0 Å². The lowest BCUT2D eigenvalue weighted by molar-refractivity contribution is 0.238. The standard InChI is InChI=1S/C12H19NO/c1-3-12(9-14)13-8-11-6-4-10(2)5-7-11/h4-7,12-14H,3,8-9H2,1-2H3. The zero-order chi connectivity index (χ0) is 10.4. The number of aliphatic hydroxyl groups excluding tert-OH is 1. The lowest BCUT2D eigenvalue weighted by Crippen LogP contribution is -2.31. The molecule has 1 unspecified atom stereocenters. The Labute approximate surface area is 86.0 Å². The second-order valence-corrected chi connectivity index (χ2v) is 3.65. The summed E-state index contributed by atoms with van der Waals surface area (Å²) in [7, 11) is 0. The van der Waals surface area contributed by atoms with Crippen LogP contribution in [0.3, 0.4) is 0 Å². The summed E-state index contributed by atoms with van der Waals surface area (Å²) in [6.07, 6.45) is 0.961. The molecule has 0 fully saturated rings. The molecule has 1 aromatic carbocycles. The molecule has 0 bridgehead atoms. The third kappa shape index (κ3) is 3.48.